The Labute approximate surface area is 139 Å². The molecule has 2 rings (SSSR count). The lowest BCUT2D eigenvalue weighted by atomic mass is 9.62. The minimum Gasteiger partial charge on any atom is -0.444 e. The molecule has 6 nitrogen and oxygen atoms in total. The van der Waals surface area contributed by atoms with E-state index in [1.165, 1.54) is 4.90 Å². The number of nitrogens with zero attached hydrogens (tertiary/aromatic N) is 1. The first-order chi connectivity index (χ1) is 10.7. The van der Waals surface area contributed by atoms with E-state index in [1.807, 2.05) is 0 Å². The van der Waals surface area contributed by atoms with Crippen LogP contribution in [0.5, 0.6) is 0 Å². The van der Waals surface area contributed by atoms with Crippen LogP contribution in [-0.2, 0) is 19.0 Å². The van der Waals surface area contributed by atoms with Crippen LogP contribution in [0.2, 0.25) is 0 Å². The lowest BCUT2D eigenvalue weighted by molar-refractivity contribution is -0.0875. The first kappa shape index (κ1) is 19.3. The summed E-state index contributed by atoms with van der Waals surface area (Å²) in [4.78, 5) is 13.6. The van der Waals surface area contributed by atoms with Gasteiger partial charge in [-0.1, -0.05) is 0 Å². The van der Waals surface area contributed by atoms with Crippen molar-refractivity contribution in [2.45, 2.75) is 63.7 Å². The second kappa shape index (κ2) is 6.05. The number of halogens is 3. The zero-order chi connectivity index (χ0) is 18.4. The van der Waals surface area contributed by atoms with Crippen LogP contribution in [0.25, 0.3) is 0 Å². The fourth-order valence-electron chi connectivity index (χ4n) is 3.23. The standard InChI is InChI=1S/C14H22F3NO5S/c1-12(2,3)22-11(19)18-6-4-5-13(9-18)7-10(8-13)23-24(20,21)14(15,16)17/h10H,4-9H2,1-3H3. The molecule has 1 aliphatic heterocycles. The predicted octanol–water partition coefficient (Wildman–Crippen LogP) is 3.03. The molecule has 1 heterocycles. The maximum atomic E-state index is 12.3. The van der Waals surface area contributed by atoms with Crippen molar-refractivity contribution in [1.29, 1.82) is 0 Å². The van der Waals surface area contributed by atoms with Crippen LogP contribution < -0.4 is 0 Å². The fraction of sp³-hybridized carbons (Fsp3) is 0.929. The van der Waals surface area contributed by atoms with E-state index in [0.29, 0.717) is 19.5 Å². The molecule has 140 valence electrons. The molecule has 1 spiro atoms. The lowest BCUT2D eigenvalue weighted by Gasteiger charge is -2.51. The second-order valence-corrected chi connectivity index (χ2v) is 9.10. The molecule has 0 unspecified atom stereocenters. The fourth-order valence-corrected chi connectivity index (χ4v) is 3.83. The Hall–Kier alpha value is -1.03. The summed E-state index contributed by atoms with van der Waals surface area (Å²) in [5.74, 6) is 0. The number of likely N-dealkylation sites (tertiary alicyclic amines) is 1. The van der Waals surface area contributed by atoms with Gasteiger partial charge in [-0.05, 0) is 51.9 Å². The Kier molecular flexibility index (Phi) is 4.86. The number of piperidine rings is 1. The molecule has 2 fully saturated rings. The lowest BCUT2D eigenvalue weighted by Crippen LogP contribution is -2.55. The number of hydrogen-bond donors (Lipinski definition) is 0. The first-order valence-electron chi connectivity index (χ1n) is 7.71. The van der Waals surface area contributed by atoms with E-state index in [4.69, 9.17) is 4.74 Å². The van der Waals surface area contributed by atoms with Crippen molar-refractivity contribution < 1.29 is 35.3 Å². The molecule has 0 aromatic heterocycles. The number of carbonyl (C=O) groups is 1. The zero-order valence-electron chi connectivity index (χ0n) is 13.9. The van der Waals surface area contributed by atoms with Crippen LogP contribution in [0, 0.1) is 5.41 Å². The van der Waals surface area contributed by atoms with Crippen LogP contribution in [0.15, 0.2) is 0 Å². The predicted molar refractivity (Wildman–Crippen MR) is 78.6 cm³/mol. The van der Waals surface area contributed by atoms with Gasteiger partial charge >= 0.3 is 21.7 Å². The van der Waals surface area contributed by atoms with Gasteiger partial charge in [-0.15, -0.1) is 0 Å². The minimum atomic E-state index is -5.57. The molecule has 2 aliphatic rings. The third kappa shape index (κ3) is 4.33. The molecule has 24 heavy (non-hydrogen) atoms. The quantitative estimate of drug-likeness (QED) is 0.550. The van der Waals surface area contributed by atoms with Crippen molar-refractivity contribution in [2.24, 2.45) is 5.41 Å². The zero-order valence-corrected chi connectivity index (χ0v) is 14.7. The Morgan fingerprint density at radius 1 is 1.21 bits per heavy atom. The van der Waals surface area contributed by atoms with Crippen LogP contribution in [0.1, 0.15) is 46.5 Å². The molecule has 1 aliphatic carbocycles. The van der Waals surface area contributed by atoms with Crippen LogP contribution in [0.3, 0.4) is 0 Å². The summed E-state index contributed by atoms with van der Waals surface area (Å²) in [7, 11) is -5.57. The molecule has 1 saturated carbocycles. The smallest absolute Gasteiger partial charge is 0.444 e. The SMILES string of the molecule is CC(C)(C)OC(=O)N1CCCC2(CC(OS(=O)(=O)C(F)(F)F)C2)C1. The van der Waals surface area contributed by atoms with E-state index in [0.717, 1.165) is 6.42 Å². The molecule has 0 N–H and O–H groups in total. The van der Waals surface area contributed by atoms with Gasteiger partial charge in [0, 0.05) is 13.1 Å². The Bertz CT molecular complexity index is 591. The van der Waals surface area contributed by atoms with E-state index in [2.05, 4.69) is 4.18 Å². The van der Waals surface area contributed by atoms with Crippen LogP contribution in [-0.4, -0.2) is 49.7 Å². The van der Waals surface area contributed by atoms with Crippen LogP contribution >= 0.6 is 0 Å². The number of alkyl halides is 3. The summed E-state index contributed by atoms with van der Waals surface area (Å²) < 4.78 is 68.6. The number of amides is 1. The molecular weight excluding hydrogens is 351 g/mol. The molecule has 0 bridgehead atoms. The highest BCUT2D eigenvalue weighted by atomic mass is 32.2. The summed E-state index contributed by atoms with van der Waals surface area (Å²) in [5.41, 5.74) is -6.43. The van der Waals surface area contributed by atoms with Crippen molar-refractivity contribution in [3.05, 3.63) is 0 Å². The van der Waals surface area contributed by atoms with E-state index in [-0.39, 0.29) is 18.3 Å². The Balaban J connectivity index is 1.92. The monoisotopic (exact) mass is 373 g/mol. The van der Waals surface area contributed by atoms with Gasteiger partial charge in [-0.2, -0.15) is 21.6 Å². The van der Waals surface area contributed by atoms with E-state index in [9.17, 15) is 26.4 Å². The molecule has 0 radical (unpaired) electrons. The largest absolute Gasteiger partial charge is 0.523 e. The molecule has 0 aromatic carbocycles. The number of carbonyl (C=O) groups excluding carboxylic acids is 1. The second-order valence-electron chi connectivity index (χ2n) is 7.53. The van der Waals surface area contributed by atoms with Gasteiger partial charge in [0.1, 0.15) is 5.60 Å². The summed E-state index contributed by atoms with van der Waals surface area (Å²) in [6.45, 7) is 6.11. The van der Waals surface area contributed by atoms with Crippen molar-refractivity contribution in [1.82, 2.24) is 4.90 Å². The number of ether oxygens (including phenoxy) is 1. The minimum absolute atomic E-state index is 0.182. The maximum Gasteiger partial charge on any atom is 0.523 e. The molecule has 10 heteroatoms. The third-order valence-electron chi connectivity index (χ3n) is 4.18. The maximum absolute atomic E-state index is 12.3. The highest BCUT2D eigenvalue weighted by Crippen LogP contribution is 2.50. The van der Waals surface area contributed by atoms with E-state index < -0.39 is 33.4 Å². The van der Waals surface area contributed by atoms with Gasteiger partial charge in [0.15, 0.2) is 0 Å². The van der Waals surface area contributed by atoms with Gasteiger partial charge in [0.2, 0.25) is 0 Å². The highest BCUT2D eigenvalue weighted by Gasteiger charge is 2.54. The molecule has 0 atom stereocenters. The summed E-state index contributed by atoms with van der Waals surface area (Å²) >= 11 is 0. The molecule has 1 amide bonds. The summed E-state index contributed by atoms with van der Waals surface area (Å²) in [6.07, 6.45) is 0.323. The third-order valence-corrected chi connectivity index (χ3v) is 5.27. The molecule has 0 aromatic rings. The van der Waals surface area contributed by atoms with Crippen molar-refractivity contribution >= 4 is 16.2 Å². The van der Waals surface area contributed by atoms with Gasteiger partial charge in [0.05, 0.1) is 6.10 Å². The Morgan fingerprint density at radius 2 is 1.79 bits per heavy atom. The summed E-state index contributed by atoms with van der Waals surface area (Å²) in [6, 6.07) is 0. The number of hydrogen-bond acceptors (Lipinski definition) is 5. The van der Waals surface area contributed by atoms with Gasteiger partial charge in [-0.25, -0.2) is 4.79 Å². The van der Waals surface area contributed by atoms with Gasteiger partial charge in [0.25, 0.3) is 0 Å². The van der Waals surface area contributed by atoms with Gasteiger partial charge in [-0.3, -0.25) is 4.18 Å². The normalized spacial score (nSPS) is 28.6. The van der Waals surface area contributed by atoms with Gasteiger partial charge < -0.3 is 9.64 Å². The Morgan fingerprint density at radius 3 is 2.29 bits per heavy atom. The first-order valence-corrected chi connectivity index (χ1v) is 9.11. The van der Waals surface area contributed by atoms with E-state index >= 15 is 0 Å². The van der Waals surface area contributed by atoms with Crippen molar-refractivity contribution in [3.8, 4) is 0 Å². The number of rotatable bonds is 2. The van der Waals surface area contributed by atoms with Crippen molar-refractivity contribution in [3.63, 3.8) is 0 Å². The van der Waals surface area contributed by atoms with Crippen molar-refractivity contribution in [2.75, 3.05) is 13.1 Å². The molecule has 1 saturated heterocycles. The molecular formula is C14H22F3NO5S. The van der Waals surface area contributed by atoms with Crippen LogP contribution in [0.4, 0.5) is 18.0 Å². The average molecular weight is 373 g/mol. The average Bonchev–Trinajstić information content (AvgIpc) is 2.33. The topological polar surface area (TPSA) is 72.9 Å². The summed E-state index contributed by atoms with van der Waals surface area (Å²) in [5, 5.41) is 0. The highest BCUT2D eigenvalue weighted by molar-refractivity contribution is 7.87. The van der Waals surface area contributed by atoms with E-state index in [1.54, 1.807) is 20.8 Å².